The second kappa shape index (κ2) is 10.9. The molecule has 152 valence electrons. The van der Waals surface area contributed by atoms with Crippen LogP contribution in [0.3, 0.4) is 0 Å². The van der Waals surface area contributed by atoms with Crippen molar-refractivity contribution in [3.63, 3.8) is 0 Å². The molecule has 0 amide bonds. The van der Waals surface area contributed by atoms with Gasteiger partial charge in [0.25, 0.3) is 0 Å². The summed E-state index contributed by atoms with van der Waals surface area (Å²) in [5.74, 6) is -0.0135. The van der Waals surface area contributed by atoms with Gasteiger partial charge < -0.3 is 24.4 Å². The number of carbonyl (C=O) groups is 1. The molecule has 2 rings (SSSR count). The smallest absolute Gasteiger partial charge is 0.375 e. The molecule has 0 spiro atoms. The molecule has 2 aromatic rings. The molecule has 6 nitrogen and oxygen atoms in total. The van der Waals surface area contributed by atoms with E-state index < -0.39 is 5.97 Å². The third kappa shape index (κ3) is 5.94. The van der Waals surface area contributed by atoms with E-state index in [-0.39, 0.29) is 11.5 Å². The topological polar surface area (TPSA) is 85.2 Å². The molecule has 0 aliphatic heterocycles. The molecule has 28 heavy (non-hydrogen) atoms. The van der Waals surface area contributed by atoms with Crippen molar-refractivity contribution in [3.8, 4) is 11.5 Å². The van der Waals surface area contributed by atoms with Crippen LogP contribution in [0.5, 0.6) is 11.5 Å². The van der Waals surface area contributed by atoms with E-state index in [4.69, 9.17) is 19.3 Å². The zero-order chi connectivity index (χ0) is 21.3. The van der Waals surface area contributed by atoms with E-state index in [0.717, 1.165) is 11.1 Å². The minimum Gasteiger partial charge on any atom is -0.508 e. The Balaban J connectivity index is 0.000000307. The van der Waals surface area contributed by atoms with Crippen LogP contribution in [0, 0.1) is 6.92 Å². The predicted octanol–water partition coefficient (Wildman–Crippen LogP) is 4.57. The van der Waals surface area contributed by atoms with Crippen LogP contribution in [0.1, 0.15) is 36.5 Å². The van der Waals surface area contributed by atoms with Crippen LogP contribution < -0.4 is 4.74 Å². The van der Waals surface area contributed by atoms with Crippen molar-refractivity contribution in [2.75, 3.05) is 21.3 Å². The van der Waals surface area contributed by atoms with Gasteiger partial charge in [-0.25, -0.2) is 4.79 Å². The van der Waals surface area contributed by atoms with Gasteiger partial charge in [-0.3, -0.25) is 0 Å². The first-order valence-electron chi connectivity index (χ1n) is 8.75. The van der Waals surface area contributed by atoms with Crippen LogP contribution in [0.4, 0.5) is 0 Å². The van der Waals surface area contributed by atoms with E-state index in [9.17, 15) is 9.90 Å². The molecule has 0 unspecified atom stereocenters. The number of carboxylic acid groups (broad SMARTS) is 1. The number of carboxylic acids is 1. The molecular weight excluding hydrogens is 360 g/mol. The standard InChI is InChI=1S/C12H14O5.C10H14O/c1-15-9-7-5-4-6-8(9)10(16-2)11(17-3)12(13)14;1-7(2)9-5-4-8(3)6-10(9)11/h4-7H,1-3H3,(H,13,14);4-7,11H,1-3H3. The monoisotopic (exact) mass is 388 g/mol. The second-order valence-electron chi connectivity index (χ2n) is 6.29. The number of hydrogen-bond donors (Lipinski definition) is 2. The van der Waals surface area contributed by atoms with Gasteiger partial charge in [-0.2, -0.15) is 0 Å². The quantitative estimate of drug-likeness (QED) is 0.557. The van der Waals surface area contributed by atoms with Gasteiger partial charge in [0.2, 0.25) is 5.76 Å². The molecule has 0 aliphatic carbocycles. The summed E-state index contributed by atoms with van der Waals surface area (Å²) in [4.78, 5) is 11.0. The highest BCUT2D eigenvalue weighted by Crippen LogP contribution is 2.29. The summed E-state index contributed by atoms with van der Waals surface area (Å²) < 4.78 is 15.0. The third-order valence-corrected chi connectivity index (χ3v) is 3.97. The molecule has 0 fully saturated rings. The normalized spacial score (nSPS) is 11.1. The number of aryl methyl sites for hydroxylation is 1. The van der Waals surface area contributed by atoms with Gasteiger partial charge >= 0.3 is 5.97 Å². The number of methoxy groups -OCH3 is 3. The molecule has 0 saturated carbocycles. The average molecular weight is 388 g/mol. The van der Waals surface area contributed by atoms with Crippen LogP contribution >= 0.6 is 0 Å². The Labute approximate surface area is 166 Å². The summed E-state index contributed by atoms with van der Waals surface area (Å²) >= 11 is 0. The van der Waals surface area contributed by atoms with Gasteiger partial charge in [0, 0.05) is 0 Å². The fraction of sp³-hybridized carbons (Fsp3) is 0.318. The third-order valence-electron chi connectivity index (χ3n) is 3.97. The predicted molar refractivity (Wildman–Crippen MR) is 109 cm³/mol. The number of para-hydroxylation sites is 1. The van der Waals surface area contributed by atoms with Crippen LogP contribution in [0.15, 0.2) is 48.2 Å². The Kier molecular flexibility index (Phi) is 8.88. The summed E-state index contributed by atoms with van der Waals surface area (Å²) in [5, 5.41) is 18.5. The lowest BCUT2D eigenvalue weighted by Crippen LogP contribution is -2.08. The first-order chi connectivity index (χ1) is 13.3. The van der Waals surface area contributed by atoms with Crippen LogP contribution in [-0.2, 0) is 14.3 Å². The molecular formula is C22H28O6. The van der Waals surface area contributed by atoms with Crippen LogP contribution in [0.2, 0.25) is 0 Å². The lowest BCUT2D eigenvalue weighted by Gasteiger charge is -2.13. The molecule has 0 aromatic heterocycles. The maximum absolute atomic E-state index is 11.0. The molecule has 2 N–H and O–H groups in total. The maximum atomic E-state index is 11.0. The fourth-order valence-electron chi connectivity index (χ4n) is 2.58. The Bertz CT molecular complexity index is 824. The molecule has 0 aliphatic rings. The van der Waals surface area contributed by atoms with E-state index in [0.29, 0.717) is 23.0 Å². The lowest BCUT2D eigenvalue weighted by atomic mass is 10.0. The number of rotatable bonds is 6. The number of ether oxygens (including phenoxy) is 3. The number of hydrogen-bond acceptors (Lipinski definition) is 5. The van der Waals surface area contributed by atoms with Gasteiger partial charge in [0.15, 0.2) is 5.76 Å². The molecule has 2 aromatic carbocycles. The average Bonchev–Trinajstić information content (AvgIpc) is 2.65. The van der Waals surface area contributed by atoms with Crippen molar-refractivity contribution in [2.45, 2.75) is 26.7 Å². The molecule has 0 bridgehead atoms. The number of benzene rings is 2. The molecule has 0 heterocycles. The first kappa shape index (κ1) is 22.9. The van der Waals surface area contributed by atoms with Gasteiger partial charge in [-0.1, -0.05) is 38.1 Å². The zero-order valence-corrected chi connectivity index (χ0v) is 17.1. The van der Waals surface area contributed by atoms with Crippen molar-refractivity contribution in [3.05, 3.63) is 64.9 Å². The van der Waals surface area contributed by atoms with Crippen molar-refractivity contribution >= 4 is 11.7 Å². The van der Waals surface area contributed by atoms with Crippen molar-refractivity contribution in [1.82, 2.24) is 0 Å². The van der Waals surface area contributed by atoms with E-state index in [2.05, 4.69) is 13.8 Å². The summed E-state index contributed by atoms with van der Waals surface area (Å²) in [7, 11) is 4.15. The molecule has 0 atom stereocenters. The van der Waals surface area contributed by atoms with Crippen LogP contribution in [-0.4, -0.2) is 37.5 Å². The summed E-state index contributed by atoms with van der Waals surface area (Å²) in [6.45, 7) is 6.12. The summed E-state index contributed by atoms with van der Waals surface area (Å²) in [6.07, 6.45) is 0. The highest BCUT2D eigenvalue weighted by Gasteiger charge is 2.20. The van der Waals surface area contributed by atoms with Gasteiger partial charge in [-0.15, -0.1) is 0 Å². The van der Waals surface area contributed by atoms with Crippen molar-refractivity contribution in [1.29, 1.82) is 0 Å². The number of aliphatic carboxylic acids is 1. The Morgan fingerprint density at radius 1 is 1.00 bits per heavy atom. The van der Waals surface area contributed by atoms with Crippen molar-refractivity contribution in [2.24, 2.45) is 0 Å². The van der Waals surface area contributed by atoms with E-state index in [1.165, 1.54) is 21.3 Å². The van der Waals surface area contributed by atoms with Crippen molar-refractivity contribution < 1.29 is 29.2 Å². The maximum Gasteiger partial charge on any atom is 0.375 e. The largest absolute Gasteiger partial charge is 0.508 e. The minimum atomic E-state index is -1.20. The van der Waals surface area contributed by atoms with E-state index in [1.807, 2.05) is 19.1 Å². The molecule has 6 heteroatoms. The Morgan fingerprint density at radius 2 is 1.64 bits per heavy atom. The van der Waals surface area contributed by atoms with Crippen LogP contribution in [0.25, 0.3) is 5.76 Å². The first-order valence-corrected chi connectivity index (χ1v) is 8.75. The SMILES string of the molecule is COC(C(=O)O)=C(OC)c1ccccc1OC.Cc1ccc(C(C)C)c(O)c1. The summed E-state index contributed by atoms with van der Waals surface area (Å²) in [5.41, 5.74) is 2.65. The lowest BCUT2D eigenvalue weighted by molar-refractivity contribution is -0.136. The van der Waals surface area contributed by atoms with Gasteiger partial charge in [-0.05, 0) is 42.2 Å². The highest BCUT2D eigenvalue weighted by atomic mass is 16.5. The molecule has 0 saturated heterocycles. The number of phenolic OH excluding ortho intramolecular Hbond substituents is 1. The number of phenols is 1. The highest BCUT2D eigenvalue weighted by molar-refractivity contribution is 5.93. The zero-order valence-electron chi connectivity index (χ0n) is 17.1. The summed E-state index contributed by atoms with van der Waals surface area (Å²) in [6, 6.07) is 12.7. The Hall–Kier alpha value is -3.15. The molecule has 0 radical (unpaired) electrons. The second-order valence-corrected chi connectivity index (χ2v) is 6.29. The van der Waals surface area contributed by atoms with E-state index >= 15 is 0 Å². The van der Waals surface area contributed by atoms with Gasteiger partial charge in [0.05, 0.1) is 26.9 Å². The minimum absolute atomic E-state index is 0.123. The fourth-order valence-corrected chi connectivity index (χ4v) is 2.58. The van der Waals surface area contributed by atoms with E-state index in [1.54, 1.807) is 30.3 Å². The Morgan fingerprint density at radius 3 is 2.11 bits per heavy atom. The number of aromatic hydroxyl groups is 1. The van der Waals surface area contributed by atoms with Gasteiger partial charge in [0.1, 0.15) is 11.5 Å².